The van der Waals surface area contributed by atoms with Crippen LogP contribution < -0.4 is 11.1 Å². The molecular weight excluding hydrogens is 255 g/mol. The second kappa shape index (κ2) is 5.06. The Balaban J connectivity index is 2.27. The van der Waals surface area contributed by atoms with Gasteiger partial charge in [0.15, 0.2) is 0 Å². The van der Waals surface area contributed by atoms with Crippen molar-refractivity contribution in [1.29, 1.82) is 0 Å². The Hall–Kier alpha value is -2.07. The van der Waals surface area contributed by atoms with Crippen LogP contribution in [0.3, 0.4) is 0 Å². The molecule has 0 heterocycles. The molecule has 0 atom stereocenters. The van der Waals surface area contributed by atoms with Crippen molar-refractivity contribution in [3.8, 4) is 0 Å². The highest BCUT2D eigenvalue weighted by atomic mass is 35.5. The highest BCUT2D eigenvalue weighted by Crippen LogP contribution is 2.23. The van der Waals surface area contributed by atoms with E-state index < -0.39 is 11.7 Å². The zero-order valence-electron chi connectivity index (χ0n) is 9.28. The normalized spacial score (nSPS) is 10.1. The fourth-order valence-corrected chi connectivity index (χ4v) is 1.65. The number of nitrogens with two attached hydrogens (primary N) is 1. The molecule has 2 aromatic carbocycles. The molecule has 0 saturated carbocycles. The zero-order chi connectivity index (χ0) is 13.1. The Morgan fingerprint density at radius 3 is 2.67 bits per heavy atom. The molecule has 0 aliphatic rings. The Morgan fingerprint density at radius 1 is 1.22 bits per heavy atom. The Morgan fingerprint density at radius 2 is 1.94 bits per heavy atom. The van der Waals surface area contributed by atoms with E-state index in [1.807, 2.05) is 0 Å². The van der Waals surface area contributed by atoms with Crippen molar-refractivity contribution >= 4 is 28.9 Å². The molecule has 18 heavy (non-hydrogen) atoms. The molecule has 92 valence electrons. The maximum Gasteiger partial charge on any atom is 0.257 e. The summed E-state index contributed by atoms with van der Waals surface area (Å²) in [6.45, 7) is 0. The number of halogens is 2. The average molecular weight is 265 g/mol. The van der Waals surface area contributed by atoms with Crippen LogP contribution in [0.5, 0.6) is 0 Å². The van der Waals surface area contributed by atoms with Gasteiger partial charge >= 0.3 is 0 Å². The van der Waals surface area contributed by atoms with Gasteiger partial charge in [-0.25, -0.2) is 4.39 Å². The van der Waals surface area contributed by atoms with E-state index in [9.17, 15) is 9.18 Å². The predicted molar refractivity (Wildman–Crippen MR) is 70.2 cm³/mol. The molecule has 0 aromatic heterocycles. The summed E-state index contributed by atoms with van der Waals surface area (Å²) in [6, 6.07) is 10.4. The Bertz CT molecular complexity index is 601. The van der Waals surface area contributed by atoms with Crippen LogP contribution in [-0.2, 0) is 0 Å². The first kappa shape index (κ1) is 12.4. The van der Waals surface area contributed by atoms with E-state index in [2.05, 4.69) is 5.32 Å². The van der Waals surface area contributed by atoms with E-state index in [1.54, 1.807) is 24.3 Å². The minimum Gasteiger partial charge on any atom is -0.398 e. The van der Waals surface area contributed by atoms with Crippen LogP contribution in [0.25, 0.3) is 0 Å². The number of benzene rings is 2. The van der Waals surface area contributed by atoms with Gasteiger partial charge in [-0.3, -0.25) is 4.79 Å². The van der Waals surface area contributed by atoms with Gasteiger partial charge in [0.25, 0.3) is 5.91 Å². The van der Waals surface area contributed by atoms with Gasteiger partial charge in [0.2, 0.25) is 0 Å². The van der Waals surface area contributed by atoms with Gasteiger partial charge in [0.05, 0.1) is 16.3 Å². The smallest absolute Gasteiger partial charge is 0.257 e. The van der Waals surface area contributed by atoms with E-state index in [-0.39, 0.29) is 10.7 Å². The van der Waals surface area contributed by atoms with E-state index in [1.165, 1.54) is 12.1 Å². The lowest BCUT2D eigenvalue weighted by Crippen LogP contribution is -2.14. The SMILES string of the molecule is Nc1ccccc1C(=O)Nc1cc(F)ccc1Cl. The highest BCUT2D eigenvalue weighted by Gasteiger charge is 2.11. The Labute approximate surface area is 108 Å². The number of anilines is 2. The number of amides is 1. The van der Waals surface area contributed by atoms with Gasteiger partial charge in [-0.15, -0.1) is 0 Å². The van der Waals surface area contributed by atoms with Crippen molar-refractivity contribution < 1.29 is 9.18 Å². The molecule has 0 unspecified atom stereocenters. The maximum atomic E-state index is 13.0. The molecule has 0 bridgehead atoms. The van der Waals surface area contributed by atoms with Crippen LogP contribution in [0.4, 0.5) is 15.8 Å². The first-order valence-corrected chi connectivity index (χ1v) is 5.56. The number of carbonyl (C=O) groups excluding carboxylic acids is 1. The summed E-state index contributed by atoms with van der Waals surface area (Å²) in [5.74, 6) is -0.906. The first-order chi connectivity index (χ1) is 8.58. The summed E-state index contributed by atoms with van der Waals surface area (Å²) in [6.07, 6.45) is 0. The molecule has 3 nitrogen and oxygen atoms in total. The molecule has 0 fully saturated rings. The predicted octanol–water partition coefficient (Wildman–Crippen LogP) is 3.31. The minimum absolute atomic E-state index is 0.213. The van der Waals surface area contributed by atoms with Crippen LogP contribution in [0.2, 0.25) is 5.02 Å². The molecule has 0 saturated heterocycles. The molecule has 1 amide bonds. The standard InChI is InChI=1S/C13H10ClFN2O/c14-10-6-5-8(15)7-12(10)17-13(18)9-3-1-2-4-11(9)16/h1-7H,16H2,(H,17,18). The second-order valence-electron chi connectivity index (χ2n) is 3.67. The Kier molecular flexibility index (Phi) is 3.48. The highest BCUT2D eigenvalue weighted by molar-refractivity contribution is 6.34. The number of rotatable bonds is 2. The lowest BCUT2D eigenvalue weighted by Gasteiger charge is -2.08. The largest absolute Gasteiger partial charge is 0.398 e. The average Bonchev–Trinajstić information content (AvgIpc) is 2.34. The maximum absolute atomic E-state index is 13.0. The zero-order valence-corrected chi connectivity index (χ0v) is 10.0. The molecule has 3 N–H and O–H groups in total. The van der Waals surface area contributed by atoms with Gasteiger partial charge in [0, 0.05) is 5.69 Å². The minimum atomic E-state index is -0.476. The third-order valence-corrected chi connectivity index (χ3v) is 2.71. The molecule has 0 aliphatic carbocycles. The van der Waals surface area contributed by atoms with Crippen LogP contribution in [0, 0.1) is 5.82 Å². The van der Waals surface area contributed by atoms with Crippen LogP contribution >= 0.6 is 11.6 Å². The van der Waals surface area contributed by atoms with E-state index in [4.69, 9.17) is 17.3 Å². The van der Waals surface area contributed by atoms with Gasteiger partial charge in [-0.05, 0) is 30.3 Å². The molecule has 0 radical (unpaired) electrons. The summed E-state index contributed by atoms with van der Waals surface area (Å²) < 4.78 is 13.0. The number of hydrogen-bond acceptors (Lipinski definition) is 2. The lowest BCUT2D eigenvalue weighted by atomic mass is 10.1. The van der Waals surface area contributed by atoms with Crippen molar-refractivity contribution in [2.24, 2.45) is 0 Å². The monoisotopic (exact) mass is 264 g/mol. The molecule has 2 aromatic rings. The molecular formula is C13H10ClFN2O. The molecule has 0 spiro atoms. The number of nitrogens with one attached hydrogen (secondary N) is 1. The third-order valence-electron chi connectivity index (χ3n) is 2.38. The molecule has 2 rings (SSSR count). The number of hydrogen-bond donors (Lipinski definition) is 2. The van der Waals surface area contributed by atoms with Crippen molar-refractivity contribution in [3.63, 3.8) is 0 Å². The van der Waals surface area contributed by atoms with Gasteiger partial charge in [0.1, 0.15) is 5.82 Å². The number of para-hydroxylation sites is 1. The van der Waals surface area contributed by atoms with Crippen LogP contribution in [0.15, 0.2) is 42.5 Å². The third kappa shape index (κ3) is 2.60. The van der Waals surface area contributed by atoms with Crippen molar-refractivity contribution in [3.05, 3.63) is 58.9 Å². The summed E-state index contributed by atoms with van der Waals surface area (Å²) in [5, 5.41) is 2.78. The van der Waals surface area contributed by atoms with E-state index in [0.29, 0.717) is 11.3 Å². The van der Waals surface area contributed by atoms with Crippen LogP contribution in [0.1, 0.15) is 10.4 Å². The number of nitrogen functional groups attached to an aromatic ring is 1. The van der Waals surface area contributed by atoms with Crippen molar-refractivity contribution in [2.45, 2.75) is 0 Å². The lowest BCUT2D eigenvalue weighted by molar-refractivity contribution is 0.102. The second-order valence-corrected chi connectivity index (χ2v) is 4.07. The van der Waals surface area contributed by atoms with E-state index >= 15 is 0 Å². The topological polar surface area (TPSA) is 55.1 Å². The van der Waals surface area contributed by atoms with E-state index in [0.717, 1.165) is 6.07 Å². The summed E-state index contributed by atoms with van der Waals surface area (Å²) >= 11 is 5.85. The van der Waals surface area contributed by atoms with Gasteiger partial charge < -0.3 is 11.1 Å². The first-order valence-electron chi connectivity index (χ1n) is 5.19. The van der Waals surface area contributed by atoms with Crippen molar-refractivity contribution in [2.75, 3.05) is 11.1 Å². The number of carbonyl (C=O) groups is 1. The fourth-order valence-electron chi connectivity index (χ4n) is 1.49. The summed E-state index contributed by atoms with van der Waals surface area (Å²) in [4.78, 5) is 11.9. The van der Waals surface area contributed by atoms with Crippen molar-refractivity contribution in [1.82, 2.24) is 0 Å². The quantitative estimate of drug-likeness (QED) is 0.818. The molecule has 5 heteroatoms. The van der Waals surface area contributed by atoms with Gasteiger partial charge in [-0.2, -0.15) is 0 Å². The summed E-state index contributed by atoms with van der Waals surface area (Å²) in [7, 11) is 0. The van der Waals surface area contributed by atoms with Gasteiger partial charge in [-0.1, -0.05) is 23.7 Å². The fraction of sp³-hybridized carbons (Fsp3) is 0. The van der Waals surface area contributed by atoms with Crippen LogP contribution in [-0.4, -0.2) is 5.91 Å². The summed E-state index contributed by atoms with van der Waals surface area (Å²) in [5.41, 5.74) is 6.56. The molecule has 0 aliphatic heterocycles.